The van der Waals surface area contributed by atoms with Crippen molar-refractivity contribution in [3.8, 4) is 0 Å². The Morgan fingerprint density at radius 2 is 1.90 bits per heavy atom. The molecule has 1 fully saturated rings. The number of aromatic nitrogens is 2. The molecule has 2 aromatic heterocycles. The van der Waals surface area contributed by atoms with Crippen molar-refractivity contribution >= 4 is 27.3 Å². The first kappa shape index (κ1) is 22.4. The van der Waals surface area contributed by atoms with Crippen LogP contribution in [0.5, 0.6) is 0 Å². The van der Waals surface area contributed by atoms with E-state index in [0.29, 0.717) is 26.1 Å². The van der Waals surface area contributed by atoms with Gasteiger partial charge in [0, 0.05) is 55.4 Å². The lowest BCUT2D eigenvalue weighted by Crippen LogP contribution is -2.30. The van der Waals surface area contributed by atoms with Crippen molar-refractivity contribution in [3.05, 3.63) is 33.0 Å². The summed E-state index contributed by atoms with van der Waals surface area (Å²) < 4.78 is 35.2. The van der Waals surface area contributed by atoms with Gasteiger partial charge in [-0.3, -0.25) is 9.58 Å². The molecule has 4 heterocycles. The predicted molar refractivity (Wildman–Crippen MR) is 119 cm³/mol. The van der Waals surface area contributed by atoms with Crippen LogP contribution >= 0.6 is 11.3 Å². The number of ether oxygens (including phenoxy) is 1. The van der Waals surface area contributed by atoms with Gasteiger partial charge in [-0.15, -0.1) is 11.3 Å². The van der Waals surface area contributed by atoms with Crippen LogP contribution in [0.15, 0.2) is 4.21 Å². The molecule has 0 atom stereocenters. The number of thiophene rings is 1. The van der Waals surface area contributed by atoms with Crippen LogP contribution in [-0.4, -0.2) is 60.1 Å². The number of rotatable bonds is 6. The minimum Gasteiger partial charge on any atom is -0.465 e. The molecule has 0 radical (unpaired) electrons. The first-order valence-electron chi connectivity index (χ1n) is 10.8. The fraction of sp³-hybridized carbons (Fsp3) is 0.619. The minimum atomic E-state index is -3.69. The molecule has 1 saturated heterocycles. The Labute approximate surface area is 187 Å². The van der Waals surface area contributed by atoms with Gasteiger partial charge in [-0.25, -0.2) is 13.2 Å². The first-order chi connectivity index (χ1) is 14.8. The summed E-state index contributed by atoms with van der Waals surface area (Å²) >= 11 is 1.24. The van der Waals surface area contributed by atoms with Crippen LogP contribution in [0, 0.1) is 13.8 Å². The van der Waals surface area contributed by atoms with Crippen LogP contribution in [0.2, 0.25) is 0 Å². The maximum Gasteiger partial charge on any atom is 0.340 e. The zero-order valence-corrected chi connectivity index (χ0v) is 20.2. The maximum absolute atomic E-state index is 13.3. The number of sulfonamides is 1. The second-order valence-electron chi connectivity index (χ2n) is 8.19. The number of carbonyl (C=O) groups is 1. The zero-order valence-electron chi connectivity index (χ0n) is 18.6. The van der Waals surface area contributed by atoms with Gasteiger partial charge in [0.2, 0.25) is 0 Å². The number of aryl methyl sites for hydroxylation is 2. The van der Waals surface area contributed by atoms with Crippen LogP contribution < -0.4 is 0 Å². The van der Waals surface area contributed by atoms with Gasteiger partial charge in [-0.05, 0) is 45.6 Å². The number of nitrogens with zero attached hydrogens (tertiary/aromatic N) is 4. The highest BCUT2D eigenvalue weighted by atomic mass is 32.2. The van der Waals surface area contributed by atoms with Gasteiger partial charge in [0.25, 0.3) is 10.0 Å². The Morgan fingerprint density at radius 1 is 1.19 bits per heavy atom. The molecule has 0 saturated carbocycles. The summed E-state index contributed by atoms with van der Waals surface area (Å²) in [6, 6.07) is 0. The summed E-state index contributed by atoms with van der Waals surface area (Å²) in [4.78, 5) is 15.9. The van der Waals surface area contributed by atoms with Crippen molar-refractivity contribution in [1.29, 1.82) is 0 Å². The molecule has 0 amide bonds. The van der Waals surface area contributed by atoms with Crippen molar-refractivity contribution in [2.75, 3.05) is 26.7 Å². The Kier molecular flexibility index (Phi) is 6.26. The van der Waals surface area contributed by atoms with Crippen LogP contribution in [-0.2, 0) is 40.8 Å². The number of esters is 1. The van der Waals surface area contributed by atoms with Crippen molar-refractivity contribution < 1.29 is 17.9 Å². The average Bonchev–Trinajstić information content (AvgIpc) is 3.47. The quantitative estimate of drug-likeness (QED) is 0.609. The summed E-state index contributed by atoms with van der Waals surface area (Å²) in [6.45, 7) is 10.2. The summed E-state index contributed by atoms with van der Waals surface area (Å²) in [5.41, 5.74) is 4.51. The second-order valence-corrected chi connectivity index (χ2v) is 11.4. The lowest BCUT2D eigenvalue weighted by molar-refractivity contribution is 0.0595. The van der Waals surface area contributed by atoms with Crippen molar-refractivity contribution in [2.24, 2.45) is 0 Å². The molecule has 10 heteroatoms. The molecule has 0 aromatic carbocycles. The SMILES string of the molecule is CCn1nc(C)c(CN2CCc3c(sc(S(=O)(=O)N4CCCC4)c3C(=O)OC)C2)c1C. The van der Waals surface area contributed by atoms with Gasteiger partial charge < -0.3 is 4.74 Å². The van der Waals surface area contributed by atoms with Gasteiger partial charge in [0.05, 0.1) is 18.4 Å². The van der Waals surface area contributed by atoms with Crippen LogP contribution in [0.25, 0.3) is 0 Å². The molecule has 0 spiro atoms. The summed E-state index contributed by atoms with van der Waals surface area (Å²) in [5, 5.41) is 4.61. The molecule has 170 valence electrons. The number of hydrogen-bond acceptors (Lipinski definition) is 7. The van der Waals surface area contributed by atoms with Gasteiger partial charge in [-0.1, -0.05) is 0 Å². The Balaban J connectivity index is 1.66. The molecular formula is C21H30N4O4S2. The fourth-order valence-electron chi connectivity index (χ4n) is 4.60. The smallest absolute Gasteiger partial charge is 0.340 e. The van der Waals surface area contributed by atoms with Gasteiger partial charge >= 0.3 is 5.97 Å². The third-order valence-corrected chi connectivity index (χ3v) is 9.96. The summed E-state index contributed by atoms with van der Waals surface area (Å²) in [5.74, 6) is -0.556. The fourth-order valence-corrected chi connectivity index (χ4v) is 8.18. The molecule has 31 heavy (non-hydrogen) atoms. The largest absolute Gasteiger partial charge is 0.465 e. The number of hydrogen-bond donors (Lipinski definition) is 0. The molecule has 8 nitrogen and oxygen atoms in total. The van der Waals surface area contributed by atoms with E-state index in [0.717, 1.165) is 48.6 Å². The van der Waals surface area contributed by atoms with Crippen LogP contribution in [0.4, 0.5) is 0 Å². The third kappa shape index (κ3) is 3.94. The Hall–Kier alpha value is -1.75. The second kappa shape index (κ2) is 8.65. The van der Waals surface area contributed by atoms with Crippen LogP contribution in [0.3, 0.4) is 0 Å². The molecule has 2 aliphatic heterocycles. The lowest BCUT2D eigenvalue weighted by Gasteiger charge is -2.27. The van der Waals surface area contributed by atoms with Crippen molar-refractivity contribution in [2.45, 2.75) is 63.9 Å². The number of methoxy groups -OCH3 is 1. The van der Waals surface area contributed by atoms with Crippen LogP contribution in [0.1, 0.15) is 57.5 Å². The normalized spacial score (nSPS) is 17.8. The monoisotopic (exact) mass is 466 g/mol. The lowest BCUT2D eigenvalue weighted by atomic mass is 10.0. The highest BCUT2D eigenvalue weighted by Gasteiger charge is 2.37. The standard InChI is InChI=1S/C21H30N4O4S2/c1-5-25-15(3)17(14(2)22-25)12-23-11-8-16-18(13-23)30-21(19(16)20(26)29-4)31(27,28)24-9-6-7-10-24/h5-13H2,1-4H3. The van der Waals surface area contributed by atoms with Gasteiger partial charge in [-0.2, -0.15) is 9.40 Å². The summed E-state index contributed by atoms with van der Waals surface area (Å²) in [7, 11) is -2.38. The van der Waals surface area contributed by atoms with E-state index in [2.05, 4.69) is 23.8 Å². The highest BCUT2D eigenvalue weighted by molar-refractivity contribution is 7.91. The maximum atomic E-state index is 13.3. The molecule has 0 N–H and O–H groups in total. The zero-order chi connectivity index (χ0) is 22.3. The molecule has 0 bridgehead atoms. The van der Waals surface area contributed by atoms with E-state index in [9.17, 15) is 13.2 Å². The molecule has 4 rings (SSSR count). The van der Waals surface area contributed by atoms with E-state index >= 15 is 0 Å². The number of carbonyl (C=O) groups excluding carboxylic acids is 1. The molecule has 0 unspecified atom stereocenters. The van der Waals surface area contributed by atoms with Gasteiger partial charge in [0.1, 0.15) is 4.21 Å². The van der Waals surface area contributed by atoms with E-state index in [1.165, 1.54) is 34.0 Å². The Morgan fingerprint density at radius 3 is 2.52 bits per heavy atom. The molecular weight excluding hydrogens is 436 g/mol. The average molecular weight is 467 g/mol. The predicted octanol–water partition coefficient (Wildman–Crippen LogP) is 2.71. The van der Waals surface area contributed by atoms with Crippen molar-refractivity contribution in [3.63, 3.8) is 0 Å². The molecule has 0 aliphatic carbocycles. The first-order valence-corrected chi connectivity index (χ1v) is 13.0. The number of fused-ring (bicyclic) bond motifs is 1. The van der Waals surface area contributed by atoms with E-state index in [4.69, 9.17) is 4.74 Å². The minimum absolute atomic E-state index is 0.152. The Bertz CT molecular complexity index is 1100. The topological polar surface area (TPSA) is 84.7 Å². The van der Waals surface area contributed by atoms with Gasteiger partial charge in [0.15, 0.2) is 0 Å². The molecule has 2 aliphatic rings. The van der Waals surface area contributed by atoms with Crippen molar-refractivity contribution in [1.82, 2.24) is 19.0 Å². The third-order valence-electron chi connectivity index (χ3n) is 6.34. The van der Waals surface area contributed by atoms with E-state index in [-0.39, 0.29) is 9.77 Å². The summed E-state index contributed by atoms with van der Waals surface area (Å²) in [6.07, 6.45) is 2.34. The van der Waals surface area contributed by atoms with E-state index < -0.39 is 16.0 Å². The highest BCUT2D eigenvalue weighted by Crippen LogP contribution is 2.39. The van der Waals surface area contributed by atoms with E-state index in [1.807, 2.05) is 11.6 Å². The van der Waals surface area contributed by atoms with E-state index in [1.54, 1.807) is 0 Å². The molecule has 2 aromatic rings.